The van der Waals surface area contributed by atoms with E-state index < -0.39 is 0 Å². The van der Waals surface area contributed by atoms with E-state index in [4.69, 9.17) is 0 Å². The van der Waals surface area contributed by atoms with Gasteiger partial charge in [0, 0.05) is 16.2 Å². The van der Waals surface area contributed by atoms with Crippen LogP contribution in [-0.4, -0.2) is 9.65 Å². The Morgan fingerprint density at radius 1 is 0.938 bits per heavy atom. The molecule has 0 radical (unpaired) electrons. The number of hydrogen-bond acceptors (Lipinski definition) is 0. The summed E-state index contributed by atoms with van der Waals surface area (Å²) in [5.74, 6) is 0. The van der Waals surface area contributed by atoms with E-state index in [-0.39, 0.29) is 15.2 Å². The van der Waals surface area contributed by atoms with E-state index in [0.717, 1.165) is 5.33 Å². The minimum atomic E-state index is 0.0662. The largest absolute Gasteiger partial charge is 0.0912 e. The smallest absolute Gasteiger partial charge is 0.0536 e. The number of fused-ring (bicyclic) bond motifs is 1. The monoisotopic (exact) mass is 344 g/mol. The maximum atomic E-state index is 4.02. The molecule has 0 saturated heterocycles. The van der Waals surface area contributed by atoms with Crippen molar-refractivity contribution in [2.45, 2.75) is 42.8 Å². The van der Waals surface area contributed by atoms with Gasteiger partial charge in [0.1, 0.15) is 0 Å². The van der Waals surface area contributed by atoms with Crippen LogP contribution in [0.15, 0.2) is 24.3 Å². The fraction of sp³-hybridized carbons (Fsp3) is 0.571. The van der Waals surface area contributed by atoms with Crippen LogP contribution in [0.3, 0.4) is 0 Å². The Morgan fingerprint density at radius 2 is 1.31 bits per heavy atom. The van der Waals surface area contributed by atoms with Crippen molar-refractivity contribution in [2.75, 3.05) is 5.33 Å². The van der Waals surface area contributed by atoms with Crippen molar-refractivity contribution >= 4 is 31.9 Å². The topological polar surface area (TPSA) is 0 Å². The Morgan fingerprint density at radius 3 is 1.62 bits per heavy atom. The van der Waals surface area contributed by atoms with Gasteiger partial charge in [0.25, 0.3) is 0 Å². The lowest BCUT2D eigenvalue weighted by molar-refractivity contribution is 0.322. The Kier molecular flexibility index (Phi) is 2.83. The third-order valence-corrected chi connectivity index (χ3v) is 8.30. The molecule has 2 heteroatoms. The lowest BCUT2D eigenvalue weighted by Gasteiger charge is -2.44. The summed E-state index contributed by atoms with van der Waals surface area (Å²) in [5, 5.41) is 0.953. The molecule has 0 fully saturated rings. The summed E-state index contributed by atoms with van der Waals surface area (Å²) in [7, 11) is 0. The van der Waals surface area contributed by atoms with Gasteiger partial charge in [-0.15, -0.1) is 0 Å². The van der Waals surface area contributed by atoms with Crippen LogP contribution in [0.25, 0.3) is 0 Å². The molecule has 0 N–H and O–H groups in total. The molecule has 0 aromatic heterocycles. The maximum absolute atomic E-state index is 4.02. The molecule has 0 aliphatic heterocycles. The summed E-state index contributed by atoms with van der Waals surface area (Å²) in [5.41, 5.74) is 3.21. The highest BCUT2D eigenvalue weighted by Gasteiger charge is 2.60. The second kappa shape index (κ2) is 3.58. The second-order valence-electron chi connectivity index (χ2n) is 5.73. The number of hydrogen-bond donors (Lipinski definition) is 0. The van der Waals surface area contributed by atoms with E-state index >= 15 is 0 Å². The Bertz CT molecular complexity index is 383. The summed E-state index contributed by atoms with van der Waals surface area (Å²) >= 11 is 7.72. The lowest BCUT2D eigenvalue weighted by atomic mass is 9.71. The van der Waals surface area contributed by atoms with Crippen LogP contribution in [0.1, 0.15) is 38.8 Å². The number of benzene rings is 1. The van der Waals surface area contributed by atoms with Crippen LogP contribution >= 0.6 is 31.9 Å². The van der Waals surface area contributed by atoms with Crippen molar-refractivity contribution in [3.8, 4) is 0 Å². The Labute approximate surface area is 115 Å². The van der Waals surface area contributed by atoms with Crippen molar-refractivity contribution in [2.24, 2.45) is 0 Å². The van der Waals surface area contributed by atoms with Crippen LogP contribution in [0.5, 0.6) is 0 Å². The van der Waals surface area contributed by atoms with Crippen molar-refractivity contribution < 1.29 is 0 Å². The molecular formula is C14H18Br2. The first kappa shape index (κ1) is 12.6. The molecule has 88 valence electrons. The number of halogens is 2. The van der Waals surface area contributed by atoms with Crippen LogP contribution < -0.4 is 0 Å². The highest BCUT2D eigenvalue weighted by atomic mass is 79.9. The molecule has 0 heterocycles. The Balaban J connectivity index is 2.76. The second-order valence-corrected chi connectivity index (χ2v) is 7.64. The third kappa shape index (κ3) is 1.26. The molecule has 2 rings (SSSR count). The highest BCUT2D eigenvalue weighted by molar-refractivity contribution is 9.12. The molecule has 0 atom stereocenters. The van der Waals surface area contributed by atoms with Gasteiger partial charge in [0.05, 0.1) is 4.32 Å². The third-order valence-electron chi connectivity index (χ3n) is 4.44. The molecule has 0 nitrogen and oxygen atoms in total. The summed E-state index contributed by atoms with van der Waals surface area (Å²) < 4.78 is 0.0662. The van der Waals surface area contributed by atoms with Crippen molar-refractivity contribution in [1.29, 1.82) is 0 Å². The molecule has 1 aliphatic rings. The predicted octanol–water partition coefficient (Wildman–Crippen LogP) is 4.78. The van der Waals surface area contributed by atoms with E-state index in [2.05, 4.69) is 83.8 Å². The maximum Gasteiger partial charge on any atom is 0.0536 e. The van der Waals surface area contributed by atoms with Crippen LogP contribution in [0.4, 0.5) is 0 Å². The summed E-state index contributed by atoms with van der Waals surface area (Å²) in [6.07, 6.45) is 0. The van der Waals surface area contributed by atoms with E-state index in [1.165, 1.54) is 11.1 Å². The predicted molar refractivity (Wildman–Crippen MR) is 77.9 cm³/mol. The van der Waals surface area contributed by atoms with Gasteiger partial charge in [-0.1, -0.05) is 83.8 Å². The zero-order valence-electron chi connectivity index (χ0n) is 10.3. The molecule has 0 amide bonds. The molecule has 0 bridgehead atoms. The van der Waals surface area contributed by atoms with E-state index in [1.807, 2.05) is 0 Å². The standard InChI is InChI=1S/C14H18Br2/c1-12(2)10-7-5-6-8-11(10)13(3,4)14(12,16)9-15/h5-8H,9H2,1-4H3. The van der Waals surface area contributed by atoms with Gasteiger partial charge >= 0.3 is 0 Å². The summed E-state index contributed by atoms with van der Waals surface area (Å²) in [6, 6.07) is 8.82. The SMILES string of the molecule is CC1(C)c2ccccc2C(C)(C)C1(Br)CBr. The first-order valence-electron chi connectivity index (χ1n) is 5.64. The highest BCUT2D eigenvalue weighted by Crippen LogP contribution is 2.61. The molecule has 16 heavy (non-hydrogen) atoms. The van der Waals surface area contributed by atoms with Gasteiger partial charge in [-0.2, -0.15) is 0 Å². The number of alkyl halides is 2. The van der Waals surface area contributed by atoms with Crippen LogP contribution in [0.2, 0.25) is 0 Å². The zero-order valence-corrected chi connectivity index (χ0v) is 13.4. The summed E-state index contributed by atoms with van der Waals surface area (Å²) in [6.45, 7) is 9.32. The van der Waals surface area contributed by atoms with Crippen LogP contribution in [0, 0.1) is 0 Å². The fourth-order valence-electron chi connectivity index (χ4n) is 3.12. The molecule has 1 aliphatic carbocycles. The van der Waals surface area contributed by atoms with Crippen LogP contribution in [-0.2, 0) is 10.8 Å². The van der Waals surface area contributed by atoms with E-state index in [9.17, 15) is 0 Å². The molecule has 0 unspecified atom stereocenters. The Hall–Kier alpha value is 0.180. The van der Waals surface area contributed by atoms with Crippen molar-refractivity contribution in [1.82, 2.24) is 0 Å². The van der Waals surface area contributed by atoms with Gasteiger partial charge in [-0.05, 0) is 11.1 Å². The molecule has 1 aromatic carbocycles. The zero-order chi connectivity index (χ0) is 12.2. The lowest BCUT2D eigenvalue weighted by Crippen LogP contribution is -2.50. The van der Waals surface area contributed by atoms with Crippen molar-refractivity contribution in [3.63, 3.8) is 0 Å². The normalized spacial score (nSPS) is 24.1. The number of rotatable bonds is 1. The fourth-order valence-corrected chi connectivity index (χ4v) is 4.94. The van der Waals surface area contributed by atoms with Crippen molar-refractivity contribution in [3.05, 3.63) is 35.4 Å². The van der Waals surface area contributed by atoms with Gasteiger partial charge in [-0.3, -0.25) is 0 Å². The molecule has 0 saturated carbocycles. The van der Waals surface area contributed by atoms with Gasteiger partial charge in [-0.25, -0.2) is 0 Å². The van der Waals surface area contributed by atoms with Gasteiger partial charge in [0.15, 0.2) is 0 Å². The van der Waals surface area contributed by atoms with Gasteiger partial charge in [0.2, 0.25) is 0 Å². The minimum Gasteiger partial charge on any atom is -0.0912 e. The first-order valence-corrected chi connectivity index (χ1v) is 7.55. The molecular weight excluding hydrogens is 328 g/mol. The average Bonchev–Trinajstić information content (AvgIpc) is 2.37. The van der Waals surface area contributed by atoms with E-state index in [1.54, 1.807) is 0 Å². The molecule has 1 aromatic rings. The average molecular weight is 346 g/mol. The summed E-state index contributed by atoms with van der Waals surface area (Å²) in [4.78, 5) is 0. The minimum absolute atomic E-state index is 0.0662. The quantitative estimate of drug-likeness (QED) is 0.642. The molecule has 0 spiro atoms. The van der Waals surface area contributed by atoms with E-state index in [0.29, 0.717) is 0 Å². The first-order chi connectivity index (χ1) is 7.29. The van der Waals surface area contributed by atoms with Gasteiger partial charge < -0.3 is 0 Å².